The van der Waals surface area contributed by atoms with E-state index >= 15 is 0 Å². The maximum atomic E-state index is 11.4. The van der Waals surface area contributed by atoms with Crippen molar-refractivity contribution in [2.24, 2.45) is 0 Å². The van der Waals surface area contributed by atoms with Crippen LogP contribution in [0.1, 0.15) is 5.56 Å². The van der Waals surface area contributed by atoms with E-state index in [1.807, 2.05) is 6.92 Å². The van der Waals surface area contributed by atoms with Gasteiger partial charge in [0.05, 0.1) is 0 Å². The van der Waals surface area contributed by atoms with Crippen LogP contribution in [0.25, 0.3) is 10.8 Å². The molecule has 15 heavy (non-hydrogen) atoms. The topological polar surface area (TPSA) is 73.3 Å². The molecule has 76 valence electrons. The molecule has 0 atom stereocenters. The Kier molecular flexibility index (Phi) is 2.34. The quantitative estimate of drug-likeness (QED) is 0.548. The second kappa shape index (κ2) is 3.53. The molecule has 1 heterocycles. The average molecular weight is 203 g/mol. The van der Waals surface area contributed by atoms with Gasteiger partial charge in [-0.2, -0.15) is 0 Å². The minimum atomic E-state index is -1.51. The normalized spacial score (nSPS) is 10.6. The molecule has 5 heteroatoms. The first-order valence-corrected chi connectivity index (χ1v) is 4.57. The van der Waals surface area contributed by atoms with Crippen molar-refractivity contribution in [3.8, 4) is 0 Å². The van der Waals surface area contributed by atoms with E-state index in [0.717, 1.165) is 10.9 Å². The Bertz CT molecular complexity index is 562. The summed E-state index contributed by atoms with van der Waals surface area (Å²) in [6, 6.07) is 4.74. The number of nitrogens with one attached hydrogen (secondary N) is 1. The van der Waals surface area contributed by atoms with Gasteiger partial charge in [0.15, 0.2) is 0 Å². The minimum Gasteiger partial charge on any atom is -0.423 e. The molecular formula is C10H10BNO3. The van der Waals surface area contributed by atoms with Crippen molar-refractivity contribution < 1.29 is 10.0 Å². The number of hydrogen-bond acceptors (Lipinski definition) is 3. The molecule has 0 aliphatic heterocycles. The molecule has 0 aliphatic carbocycles. The van der Waals surface area contributed by atoms with Gasteiger partial charge in [-0.3, -0.25) is 4.79 Å². The number of aromatic nitrogens is 1. The third-order valence-electron chi connectivity index (χ3n) is 2.43. The second-order valence-corrected chi connectivity index (χ2v) is 3.48. The predicted octanol–water partition coefficient (Wildman–Crippen LogP) is -0.484. The largest absolute Gasteiger partial charge is 0.488 e. The van der Waals surface area contributed by atoms with Gasteiger partial charge in [-0.05, 0) is 29.4 Å². The fraction of sp³-hybridized carbons (Fsp3) is 0.100. The first-order chi connectivity index (χ1) is 7.09. The van der Waals surface area contributed by atoms with E-state index in [1.54, 1.807) is 18.3 Å². The number of fused-ring (bicyclic) bond motifs is 1. The molecule has 4 nitrogen and oxygen atoms in total. The third-order valence-corrected chi connectivity index (χ3v) is 2.43. The van der Waals surface area contributed by atoms with E-state index in [9.17, 15) is 4.79 Å². The minimum absolute atomic E-state index is 0.172. The molecule has 0 radical (unpaired) electrons. The lowest BCUT2D eigenvalue weighted by Crippen LogP contribution is -2.29. The summed E-state index contributed by atoms with van der Waals surface area (Å²) in [6.45, 7) is 1.85. The van der Waals surface area contributed by atoms with E-state index in [2.05, 4.69) is 4.98 Å². The van der Waals surface area contributed by atoms with Gasteiger partial charge in [0, 0.05) is 11.6 Å². The molecule has 1 aromatic heterocycles. The molecule has 0 saturated heterocycles. The zero-order valence-electron chi connectivity index (χ0n) is 8.19. The summed E-state index contributed by atoms with van der Waals surface area (Å²) in [5, 5.41) is 19.3. The highest BCUT2D eigenvalue weighted by Crippen LogP contribution is 2.11. The Balaban J connectivity index is 2.81. The molecule has 1 aromatic carbocycles. The van der Waals surface area contributed by atoms with Crippen LogP contribution in [-0.2, 0) is 0 Å². The van der Waals surface area contributed by atoms with Crippen molar-refractivity contribution in [2.75, 3.05) is 0 Å². The SMILES string of the molecule is Cc1c[nH]c(=O)c2ccc(B(O)O)cc12. The van der Waals surface area contributed by atoms with Crippen molar-refractivity contribution in [3.63, 3.8) is 0 Å². The van der Waals surface area contributed by atoms with Crippen molar-refractivity contribution in [3.05, 3.63) is 40.3 Å². The van der Waals surface area contributed by atoms with Crippen LogP contribution in [0.5, 0.6) is 0 Å². The standard InChI is InChI=1S/C10H10BNO3/c1-6-5-12-10(13)8-3-2-7(11(14)15)4-9(6)8/h2-5,14-15H,1H3,(H,12,13). The van der Waals surface area contributed by atoms with Crippen LogP contribution in [-0.4, -0.2) is 22.2 Å². The number of pyridine rings is 1. The highest BCUT2D eigenvalue weighted by Gasteiger charge is 2.12. The number of H-pyrrole nitrogens is 1. The van der Waals surface area contributed by atoms with Crippen molar-refractivity contribution >= 4 is 23.4 Å². The number of rotatable bonds is 1. The molecule has 0 bridgehead atoms. The third kappa shape index (κ3) is 1.67. The number of aromatic amines is 1. The zero-order valence-corrected chi connectivity index (χ0v) is 8.19. The molecule has 0 unspecified atom stereocenters. The van der Waals surface area contributed by atoms with Crippen LogP contribution in [0.4, 0.5) is 0 Å². The zero-order chi connectivity index (χ0) is 11.0. The first kappa shape index (κ1) is 9.95. The maximum Gasteiger partial charge on any atom is 0.488 e. The second-order valence-electron chi connectivity index (χ2n) is 3.48. The van der Waals surface area contributed by atoms with Gasteiger partial charge in [-0.25, -0.2) is 0 Å². The summed E-state index contributed by atoms with van der Waals surface area (Å²) in [5.41, 5.74) is 1.11. The van der Waals surface area contributed by atoms with Crippen LogP contribution < -0.4 is 11.0 Å². The first-order valence-electron chi connectivity index (χ1n) is 4.57. The molecule has 0 spiro atoms. The number of aryl methyl sites for hydroxylation is 1. The molecule has 2 rings (SSSR count). The monoisotopic (exact) mass is 203 g/mol. The Hall–Kier alpha value is -1.59. The summed E-state index contributed by atoms with van der Waals surface area (Å²) in [7, 11) is -1.51. The van der Waals surface area contributed by atoms with Gasteiger partial charge >= 0.3 is 7.12 Å². The van der Waals surface area contributed by atoms with Crippen LogP contribution in [0, 0.1) is 6.92 Å². The van der Waals surface area contributed by atoms with Gasteiger partial charge in [0.1, 0.15) is 0 Å². The van der Waals surface area contributed by atoms with Crippen molar-refractivity contribution in [1.29, 1.82) is 0 Å². The van der Waals surface area contributed by atoms with Gasteiger partial charge in [0.2, 0.25) is 0 Å². The number of hydrogen-bond donors (Lipinski definition) is 3. The number of benzene rings is 1. The maximum absolute atomic E-state index is 11.4. The summed E-state index contributed by atoms with van der Waals surface area (Å²) in [4.78, 5) is 14.0. The Labute approximate surface area is 86.3 Å². The van der Waals surface area contributed by atoms with E-state index in [4.69, 9.17) is 10.0 Å². The summed E-state index contributed by atoms with van der Waals surface area (Å²) < 4.78 is 0. The highest BCUT2D eigenvalue weighted by molar-refractivity contribution is 6.58. The molecule has 0 saturated carbocycles. The van der Waals surface area contributed by atoms with Gasteiger partial charge < -0.3 is 15.0 Å². The molecule has 0 fully saturated rings. The van der Waals surface area contributed by atoms with Crippen LogP contribution in [0.2, 0.25) is 0 Å². The molecule has 0 aliphatic rings. The lowest BCUT2D eigenvalue weighted by atomic mass is 9.79. The predicted molar refractivity (Wildman–Crippen MR) is 59.1 cm³/mol. The Morgan fingerprint density at radius 3 is 2.67 bits per heavy atom. The van der Waals surface area contributed by atoms with Crippen molar-refractivity contribution in [1.82, 2.24) is 4.98 Å². The summed E-state index contributed by atoms with van der Waals surface area (Å²) >= 11 is 0. The molecule has 2 aromatic rings. The average Bonchev–Trinajstić information content (AvgIpc) is 2.23. The van der Waals surface area contributed by atoms with E-state index in [1.165, 1.54) is 6.07 Å². The van der Waals surface area contributed by atoms with Gasteiger partial charge in [-0.15, -0.1) is 0 Å². The lowest BCUT2D eigenvalue weighted by Gasteiger charge is -2.04. The van der Waals surface area contributed by atoms with Crippen LogP contribution in [0.3, 0.4) is 0 Å². The highest BCUT2D eigenvalue weighted by atomic mass is 16.4. The van der Waals surface area contributed by atoms with E-state index in [0.29, 0.717) is 10.8 Å². The smallest absolute Gasteiger partial charge is 0.423 e. The fourth-order valence-corrected chi connectivity index (χ4v) is 1.58. The lowest BCUT2D eigenvalue weighted by molar-refractivity contribution is 0.426. The van der Waals surface area contributed by atoms with Gasteiger partial charge in [-0.1, -0.05) is 12.1 Å². The van der Waals surface area contributed by atoms with Gasteiger partial charge in [0.25, 0.3) is 5.56 Å². The fourth-order valence-electron chi connectivity index (χ4n) is 1.58. The van der Waals surface area contributed by atoms with Crippen LogP contribution >= 0.6 is 0 Å². The Morgan fingerprint density at radius 1 is 1.27 bits per heavy atom. The molecule has 3 N–H and O–H groups in total. The van der Waals surface area contributed by atoms with Crippen molar-refractivity contribution in [2.45, 2.75) is 6.92 Å². The molecular weight excluding hydrogens is 193 g/mol. The summed E-state index contributed by atoms with van der Waals surface area (Å²) in [5.74, 6) is 0. The molecule has 0 amide bonds. The van der Waals surface area contributed by atoms with E-state index < -0.39 is 7.12 Å². The van der Waals surface area contributed by atoms with E-state index in [-0.39, 0.29) is 5.56 Å². The summed E-state index contributed by atoms with van der Waals surface area (Å²) in [6.07, 6.45) is 1.61. The van der Waals surface area contributed by atoms with Crippen LogP contribution in [0.15, 0.2) is 29.2 Å². The Morgan fingerprint density at radius 2 is 2.00 bits per heavy atom.